The first-order valence-electron chi connectivity index (χ1n) is 10.1. The third-order valence-corrected chi connectivity index (χ3v) is 5.49. The van der Waals surface area contributed by atoms with Gasteiger partial charge in [0.25, 0.3) is 0 Å². The van der Waals surface area contributed by atoms with Gasteiger partial charge < -0.3 is 9.30 Å². The summed E-state index contributed by atoms with van der Waals surface area (Å²) in [5.41, 5.74) is 3.21. The Hall–Kier alpha value is -2.70. The molecule has 3 heterocycles. The molecule has 0 bridgehead atoms. The van der Waals surface area contributed by atoms with E-state index in [-0.39, 0.29) is 17.6 Å². The first kappa shape index (κ1) is 19.6. The third-order valence-electron chi connectivity index (χ3n) is 5.49. The molecule has 0 spiro atoms. The molecule has 0 aliphatic carbocycles. The van der Waals surface area contributed by atoms with Crippen LogP contribution in [0.4, 0.5) is 9.18 Å². The van der Waals surface area contributed by atoms with Crippen LogP contribution in [0.25, 0.3) is 5.69 Å². The van der Waals surface area contributed by atoms with Crippen LogP contribution in [0.1, 0.15) is 50.6 Å². The van der Waals surface area contributed by atoms with E-state index in [0.717, 1.165) is 48.3 Å². The molecule has 4 rings (SSSR count). The lowest BCUT2D eigenvalue weighted by atomic mass is 9.90. The fraction of sp³-hybridized carbons (Fsp3) is 0.500. The third kappa shape index (κ3) is 3.91. The molecule has 1 unspecified atom stereocenters. The Labute approximate surface area is 169 Å². The number of nitrogens with zero attached hydrogens (tertiary/aromatic N) is 3. The van der Waals surface area contributed by atoms with E-state index >= 15 is 0 Å². The number of aromatic nitrogens is 2. The van der Waals surface area contributed by atoms with Crippen molar-refractivity contribution in [3.8, 4) is 5.69 Å². The van der Waals surface area contributed by atoms with E-state index in [1.807, 2.05) is 4.57 Å². The lowest BCUT2D eigenvalue weighted by molar-refractivity contribution is -0.137. The number of benzene rings is 1. The zero-order valence-electron chi connectivity index (χ0n) is 17.1. The monoisotopic (exact) mass is 399 g/mol. The summed E-state index contributed by atoms with van der Waals surface area (Å²) in [6.07, 6.45) is 4.66. The molecule has 7 heteroatoms. The normalized spacial score (nSPS) is 19.0. The Bertz CT molecular complexity index is 961. The number of amides is 2. The minimum Gasteiger partial charge on any atom is -0.443 e. The first-order chi connectivity index (χ1) is 13.7. The number of halogens is 1. The number of hydrogen-bond acceptors (Lipinski definition) is 4. The number of carbonyl (C=O) groups is 2. The van der Waals surface area contributed by atoms with Gasteiger partial charge in [0.1, 0.15) is 11.4 Å². The van der Waals surface area contributed by atoms with Crippen molar-refractivity contribution in [1.82, 2.24) is 14.5 Å². The number of hydrogen-bond donors (Lipinski definition) is 0. The van der Waals surface area contributed by atoms with E-state index in [1.165, 1.54) is 11.0 Å². The summed E-state index contributed by atoms with van der Waals surface area (Å²) in [7, 11) is 0. The van der Waals surface area contributed by atoms with Crippen molar-refractivity contribution in [1.29, 1.82) is 0 Å². The summed E-state index contributed by atoms with van der Waals surface area (Å²) >= 11 is 0. The summed E-state index contributed by atoms with van der Waals surface area (Å²) in [5.74, 6) is -0.710. The lowest BCUT2D eigenvalue weighted by Crippen LogP contribution is -2.47. The molecule has 2 aliphatic rings. The molecule has 0 N–H and O–H groups in total. The van der Waals surface area contributed by atoms with Crippen LogP contribution in [0, 0.1) is 11.7 Å². The molecular weight excluding hydrogens is 373 g/mol. The van der Waals surface area contributed by atoms with Crippen LogP contribution < -0.4 is 0 Å². The molecule has 0 radical (unpaired) electrons. The molecule has 1 saturated heterocycles. The molecule has 154 valence electrons. The van der Waals surface area contributed by atoms with Crippen LogP contribution in [0.2, 0.25) is 0 Å². The molecule has 0 saturated carbocycles. The summed E-state index contributed by atoms with van der Waals surface area (Å²) in [6, 6.07) is 4.80. The maximum absolute atomic E-state index is 13.5. The van der Waals surface area contributed by atoms with Crippen molar-refractivity contribution in [3.63, 3.8) is 0 Å². The Morgan fingerprint density at radius 3 is 2.86 bits per heavy atom. The van der Waals surface area contributed by atoms with Gasteiger partial charge >= 0.3 is 6.09 Å². The van der Waals surface area contributed by atoms with Gasteiger partial charge in [-0.05, 0) is 70.2 Å². The topological polar surface area (TPSA) is 64.4 Å². The second-order valence-corrected chi connectivity index (χ2v) is 8.79. The van der Waals surface area contributed by atoms with Gasteiger partial charge in [-0.3, -0.25) is 4.79 Å². The number of likely N-dealkylation sites (tertiary alicyclic amines) is 1. The van der Waals surface area contributed by atoms with Gasteiger partial charge in [-0.1, -0.05) is 0 Å². The average molecular weight is 399 g/mol. The summed E-state index contributed by atoms with van der Waals surface area (Å²) in [4.78, 5) is 31.1. The van der Waals surface area contributed by atoms with Gasteiger partial charge in [-0.2, -0.15) is 0 Å². The maximum Gasteiger partial charge on any atom is 0.417 e. The van der Waals surface area contributed by atoms with Gasteiger partial charge in [-0.15, -0.1) is 0 Å². The SMILES string of the molecule is CC(C)(C)OC(=O)N1CCCC(Cc2ncn3c2CCc2cc(F)ccc2-3)C1=O. The highest BCUT2D eigenvalue weighted by Crippen LogP contribution is 2.30. The standard InChI is InChI=1S/C22H26FN3O3/c1-22(2,3)29-21(28)25-10-4-5-15(20(25)27)12-17-19-8-6-14-11-16(23)7-9-18(14)26(19)13-24-17/h7,9,11,13,15H,4-6,8,10,12H2,1-3H3. The highest BCUT2D eigenvalue weighted by molar-refractivity contribution is 5.94. The van der Waals surface area contributed by atoms with Gasteiger partial charge in [0.15, 0.2) is 0 Å². The molecule has 1 fully saturated rings. The summed E-state index contributed by atoms with van der Waals surface area (Å²) in [5, 5.41) is 0. The number of imide groups is 1. The number of fused-ring (bicyclic) bond motifs is 3. The number of rotatable bonds is 2. The number of carbonyl (C=O) groups excluding carboxylic acids is 2. The first-order valence-corrected chi connectivity index (χ1v) is 10.1. The number of aryl methyl sites for hydroxylation is 1. The molecule has 1 atom stereocenters. The molecule has 2 amide bonds. The van der Waals surface area contributed by atoms with Crippen molar-refractivity contribution in [2.24, 2.45) is 5.92 Å². The van der Waals surface area contributed by atoms with Gasteiger partial charge in [0.05, 0.1) is 17.7 Å². The number of piperidine rings is 1. The Morgan fingerprint density at radius 2 is 2.10 bits per heavy atom. The summed E-state index contributed by atoms with van der Waals surface area (Å²) in [6.45, 7) is 5.76. The van der Waals surface area contributed by atoms with Crippen LogP contribution >= 0.6 is 0 Å². The highest BCUT2D eigenvalue weighted by Gasteiger charge is 2.36. The average Bonchev–Trinajstić information content (AvgIpc) is 3.04. The molecule has 1 aromatic carbocycles. The highest BCUT2D eigenvalue weighted by atomic mass is 19.1. The minimum absolute atomic E-state index is 0.189. The largest absolute Gasteiger partial charge is 0.443 e. The smallest absolute Gasteiger partial charge is 0.417 e. The van der Waals surface area contributed by atoms with Crippen molar-refractivity contribution < 1.29 is 18.7 Å². The molecular formula is C22H26FN3O3. The van der Waals surface area contributed by atoms with Crippen molar-refractivity contribution >= 4 is 12.0 Å². The molecule has 29 heavy (non-hydrogen) atoms. The van der Waals surface area contributed by atoms with Gasteiger partial charge in [0, 0.05) is 24.6 Å². The minimum atomic E-state index is -0.639. The predicted octanol–water partition coefficient (Wildman–Crippen LogP) is 3.83. The molecule has 1 aromatic heterocycles. The quantitative estimate of drug-likeness (QED) is 0.770. The van der Waals surface area contributed by atoms with E-state index in [2.05, 4.69) is 4.98 Å². The van der Waals surface area contributed by atoms with E-state index in [1.54, 1.807) is 39.2 Å². The predicted molar refractivity (Wildman–Crippen MR) is 105 cm³/mol. The van der Waals surface area contributed by atoms with Gasteiger partial charge in [0.2, 0.25) is 5.91 Å². The van der Waals surface area contributed by atoms with Crippen molar-refractivity contribution in [2.45, 2.75) is 58.5 Å². The maximum atomic E-state index is 13.5. The Morgan fingerprint density at radius 1 is 1.31 bits per heavy atom. The van der Waals surface area contributed by atoms with Crippen molar-refractivity contribution in [2.75, 3.05) is 6.54 Å². The van der Waals surface area contributed by atoms with E-state index in [0.29, 0.717) is 13.0 Å². The molecule has 2 aliphatic heterocycles. The van der Waals surface area contributed by atoms with Crippen LogP contribution in [-0.4, -0.2) is 38.6 Å². The second-order valence-electron chi connectivity index (χ2n) is 8.79. The fourth-order valence-corrected chi connectivity index (χ4v) is 4.17. The second kappa shape index (κ2) is 7.28. The Balaban J connectivity index is 1.53. The summed E-state index contributed by atoms with van der Waals surface area (Å²) < 4.78 is 20.9. The van der Waals surface area contributed by atoms with E-state index < -0.39 is 11.7 Å². The lowest BCUT2D eigenvalue weighted by Gasteiger charge is -2.32. The van der Waals surface area contributed by atoms with E-state index in [9.17, 15) is 14.0 Å². The van der Waals surface area contributed by atoms with Crippen molar-refractivity contribution in [3.05, 3.63) is 47.3 Å². The van der Waals surface area contributed by atoms with E-state index in [4.69, 9.17) is 4.74 Å². The number of ether oxygens (including phenoxy) is 1. The zero-order chi connectivity index (χ0) is 20.8. The fourth-order valence-electron chi connectivity index (χ4n) is 4.17. The van der Waals surface area contributed by atoms with Crippen LogP contribution in [0.5, 0.6) is 0 Å². The Kier molecular flexibility index (Phi) is 4.92. The molecule has 2 aromatic rings. The van der Waals surface area contributed by atoms with Crippen LogP contribution in [0.3, 0.4) is 0 Å². The van der Waals surface area contributed by atoms with Crippen LogP contribution in [0.15, 0.2) is 24.5 Å². The zero-order valence-corrected chi connectivity index (χ0v) is 17.1. The van der Waals surface area contributed by atoms with Gasteiger partial charge in [-0.25, -0.2) is 19.1 Å². The number of imidazole rings is 1. The molecule has 6 nitrogen and oxygen atoms in total. The van der Waals surface area contributed by atoms with Crippen LogP contribution in [-0.2, 0) is 28.8 Å².